The van der Waals surface area contributed by atoms with Crippen LogP contribution in [0.5, 0.6) is 0 Å². The molecule has 1 aliphatic carbocycles. The van der Waals surface area contributed by atoms with E-state index >= 15 is 0 Å². The first-order valence-electron chi connectivity index (χ1n) is 11.1. The lowest BCUT2D eigenvalue weighted by molar-refractivity contribution is -0.229. The number of halogens is 8. The van der Waals surface area contributed by atoms with E-state index in [1.54, 1.807) is 0 Å². The van der Waals surface area contributed by atoms with Gasteiger partial charge in [0.25, 0.3) is 0 Å². The Balaban J connectivity index is 1.51. The number of benzene rings is 1. The van der Waals surface area contributed by atoms with Crippen molar-refractivity contribution in [3.05, 3.63) is 53.5 Å². The third kappa shape index (κ3) is 4.30. The second-order valence-corrected chi connectivity index (χ2v) is 9.09. The van der Waals surface area contributed by atoms with Gasteiger partial charge in [-0.05, 0) is 25.0 Å². The average molecular weight is 548 g/mol. The number of fused-ring (bicyclic) bond motifs is 2. The number of aryl methyl sites for hydroxylation is 1. The number of carbonyl (C=O) groups excluding carboxylic acids is 1. The van der Waals surface area contributed by atoms with Crippen LogP contribution in [0.1, 0.15) is 36.6 Å². The Kier molecular flexibility index (Phi) is 5.83. The molecule has 1 aromatic carbocycles. The number of nitrogens with one attached hydrogen (secondary N) is 1. The lowest BCUT2D eigenvalue weighted by Gasteiger charge is -2.61. The van der Waals surface area contributed by atoms with E-state index in [1.807, 2.05) is 0 Å². The van der Waals surface area contributed by atoms with Crippen LogP contribution >= 0.6 is 0 Å². The Morgan fingerprint density at radius 1 is 1.08 bits per heavy atom. The van der Waals surface area contributed by atoms with Crippen LogP contribution in [0, 0.1) is 24.5 Å². The second-order valence-electron chi connectivity index (χ2n) is 9.09. The van der Waals surface area contributed by atoms with E-state index in [1.165, 1.54) is 6.92 Å². The molecule has 0 radical (unpaired) electrons. The molecule has 2 amide bonds. The van der Waals surface area contributed by atoms with Crippen LogP contribution < -0.4 is 5.32 Å². The lowest BCUT2D eigenvalue weighted by atomic mass is 9.63. The average Bonchev–Trinajstić information content (AvgIpc) is 3.26. The molecule has 1 saturated heterocycles. The minimum atomic E-state index is -5.06. The maximum absolute atomic E-state index is 14.8. The van der Waals surface area contributed by atoms with Gasteiger partial charge in [-0.15, -0.1) is 10.2 Å². The van der Waals surface area contributed by atoms with Crippen LogP contribution in [0.25, 0.3) is 11.4 Å². The largest absolute Gasteiger partial charge is 0.423 e. The van der Waals surface area contributed by atoms with Crippen molar-refractivity contribution < 1.29 is 44.3 Å². The summed E-state index contributed by atoms with van der Waals surface area (Å²) in [4.78, 5) is 21.3. The highest BCUT2D eigenvalue weighted by molar-refractivity contribution is 5.92. The number of piperidine rings is 1. The van der Waals surface area contributed by atoms with E-state index in [4.69, 9.17) is 4.42 Å². The number of rotatable bonds is 3. The van der Waals surface area contributed by atoms with E-state index in [9.17, 15) is 39.9 Å². The summed E-state index contributed by atoms with van der Waals surface area (Å²) >= 11 is 0. The number of anilines is 1. The van der Waals surface area contributed by atoms with Crippen molar-refractivity contribution in [2.24, 2.45) is 5.92 Å². The SMILES string of the molecule is Cc1nnc([C@@]23C[C@@H](C[C@H](C(F)(F)F)C2)N3C(=O)Nc2cc(-c3ncc(F)cn3)c(C(F)(F)F)cc2F)o1. The van der Waals surface area contributed by atoms with E-state index < -0.39 is 83.0 Å². The van der Waals surface area contributed by atoms with Crippen LogP contribution in [0.4, 0.5) is 45.6 Å². The number of urea groups is 1. The number of aromatic nitrogens is 4. The molecule has 0 unspecified atom stereocenters. The molecule has 3 heterocycles. The van der Waals surface area contributed by atoms with Crippen molar-refractivity contribution in [1.82, 2.24) is 25.1 Å². The monoisotopic (exact) mass is 548 g/mol. The first-order chi connectivity index (χ1) is 17.7. The van der Waals surface area contributed by atoms with Crippen molar-refractivity contribution in [3.8, 4) is 11.4 Å². The van der Waals surface area contributed by atoms with Gasteiger partial charge in [-0.3, -0.25) is 0 Å². The lowest BCUT2D eigenvalue weighted by Crippen LogP contribution is -2.71. The molecule has 1 aliphatic heterocycles. The van der Waals surface area contributed by atoms with Crippen molar-refractivity contribution >= 4 is 11.7 Å². The molecule has 0 spiro atoms. The summed E-state index contributed by atoms with van der Waals surface area (Å²) in [5.74, 6) is -4.96. The van der Waals surface area contributed by atoms with Gasteiger partial charge in [-0.25, -0.2) is 23.5 Å². The van der Waals surface area contributed by atoms with Crippen LogP contribution in [-0.4, -0.2) is 43.3 Å². The second kappa shape index (κ2) is 8.59. The summed E-state index contributed by atoms with van der Waals surface area (Å²) in [6.07, 6.45) is -9.36. The van der Waals surface area contributed by atoms with Crippen LogP contribution in [0.2, 0.25) is 0 Å². The summed E-state index contributed by atoms with van der Waals surface area (Å²) < 4.78 is 115. The summed E-state index contributed by atoms with van der Waals surface area (Å²) in [7, 11) is 0. The van der Waals surface area contributed by atoms with E-state index in [0.29, 0.717) is 18.5 Å². The Hall–Kier alpha value is -3.85. The molecule has 16 heteroatoms. The zero-order valence-corrected chi connectivity index (χ0v) is 19.2. The Labute approximate surface area is 208 Å². The van der Waals surface area contributed by atoms with Crippen LogP contribution in [0.15, 0.2) is 28.9 Å². The number of nitrogens with zero attached hydrogens (tertiary/aromatic N) is 5. The molecule has 3 atom stereocenters. The first kappa shape index (κ1) is 25.8. The number of alkyl halides is 6. The van der Waals surface area contributed by atoms with Crippen molar-refractivity contribution in [3.63, 3.8) is 0 Å². The predicted molar refractivity (Wildman–Crippen MR) is 111 cm³/mol. The quantitative estimate of drug-likeness (QED) is 0.428. The molecule has 202 valence electrons. The summed E-state index contributed by atoms with van der Waals surface area (Å²) in [5, 5.41) is 9.57. The highest BCUT2D eigenvalue weighted by Gasteiger charge is 2.66. The van der Waals surface area contributed by atoms with Gasteiger partial charge < -0.3 is 14.6 Å². The first-order valence-corrected chi connectivity index (χ1v) is 11.1. The van der Waals surface area contributed by atoms with Crippen LogP contribution in [-0.2, 0) is 11.7 Å². The molecule has 1 saturated carbocycles. The zero-order chi connectivity index (χ0) is 27.6. The van der Waals surface area contributed by atoms with Gasteiger partial charge >= 0.3 is 18.4 Å². The van der Waals surface area contributed by atoms with Crippen molar-refractivity contribution in [1.29, 1.82) is 0 Å². The number of amides is 2. The molecular weight excluding hydrogens is 532 g/mol. The van der Waals surface area contributed by atoms with Crippen LogP contribution in [0.3, 0.4) is 0 Å². The number of likely N-dealkylation sites (tertiary alicyclic amines) is 1. The molecular formula is C22H16F8N6O2. The zero-order valence-electron chi connectivity index (χ0n) is 19.2. The molecule has 5 rings (SSSR count). The van der Waals surface area contributed by atoms with Crippen molar-refractivity contribution in [2.45, 2.75) is 50.1 Å². The Bertz CT molecular complexity index is 1390. The van der Waals surface area contributed by atoms with Gasteiger partial charge in [-0.1, -0.05) is 0 Å². The van der Waals surface area contributed by atoms with E-state index in [2.05, 4.69) is 25.5 Å². The van der Waals surface area contributed by atoms with E-state index in [-0.39, 0.29) is 24.3 Å². The topological polar surface area (TPSA) is 97.0 Å². The maximum Gasteiger partial charge on any atom is 0.417 e. The van der Waals surface area contributed by atoms with Gasteiger partial charge in [0.15, 0.2) is 11.6 Å². The standard InChI is InChI=1S/C22H16F8N6O2/c1-9-34-35-18(38-9)20-5-10(21(25,26)27)2-12(6-20)36(20)19(37)33-16-3-13(17-31-7-11(23)8-32-17)14(4-15(16)24)22(28,29)30/h3-4,7-8,10,12H,2,5-6H2,1H3,(H,33,37)/t10-,12+,20-/m0/s1. The number of carbonyl (C=O) groups is 1. The van der Waals surface area contributed by atoms with Gasteiger partial charge in [0.1, 0.15) is 11.4 Å². The number of hydrogen-bond donors (Lipinski definition) is 1. The third-order valence-corrected chi connectivity index (χ3v) is 6.66. The highest BCUT2D eigenvalue weighted by Crippen LogP contribution is 2.58. The number of hydrogen-bond acceptors (Lipinski definition) is 6. The fourth-order valence-electron chi connectivity index (χ4n) is 5.09. The van der Waals surface area contributed by atoms with Gasteiger partial charge in [0.2, 0.25) is 11.8 Å². The molecule has 2 aromatic heterocycles. The Morgan fingerprint density at radius 2 is 1.76 bits per heavy atom. The smallest absolute Gasteiger partial charge is 0.417 e. The molecule has 2 bridgehead atoms. The minimum absolute atomic E-state index is 0.0463. The van der Waals surface area contributed by atoms with Crippen molar-refractivity contribution in [2.75, 3.05) is 5.32 Å². The van der Waals surface area contributed by atoms with Gasteiger partial charge in [-0.2, -0.15) is 26.3 Å². The molecule has 8 nitrogen and oxygen atoms in total. The Morgan fingerprint density at radius 3 is 2.34 bits per heavy atom. The highest BCUT2D eigenvalue weighted by atomic mass is 19.4. The molecule has 3 aromatic rings. The maximum atomic E-state index is 14.8. The minimum Gasteiger partial charge on any atom is -0.423 e. The molecule has 1 N–H and O–H groups in total. The van der Waals surface area contributed by atoms with Gasteiger partial charge in [0, 0.05) is 24.9 Å². The summed E-state index contributed by atoms with van der Waals surface area (Å²) in [6, 6.07) is -1.27. The third-order valence-electron chi connectivity index (χ3n) is 6.66. The fourth-order valence-corrected chi connectivity index (χ4v) is 5.09. The molecule has 2 aliphatic rings. The molecule has 2 fully saturated rings. The van der Waals surface area contributed by atoms with Gasteiger partial charge in [0.05, 0.1) is 29.6 Å². The normalized spacial score (nSPS) is 23.2. The predicted octanol–water partition coefficient (Wildman–Crippen LogP) is 5.61. The van der Waals surface area contributed by atoms with E-state index in [0.717, 1.165) is 4.90 Å². The summed E-state index contributed by atoms with van der Waals surface area (Å²) in [6.45, 7) is 1.41. The molecule has 38 heavy (non-hydrogen) atoms. The summed E-state index contributed by atoms with van der Waals surface area (Å²) in [5.41, 5.74) is -4.59. The fraction of sp³-hybridized carbons (Fsp3) is 0.409.